The molecule has 0 spiro atoms. The summed E-state index contributed by atoms with van der Waals surface area (Å²) in [7, 11) is 1.69. The van der Waals surface area contributed by atoms with Crippen molar-refractivity contribution in [3.05, 3.63) is 83.9 Å². The average Bonchev–Trinajstić information content (AvgIpc) is 2.70. The van der Waals surface area contributed by atoms with Gasteiger partial charge in [-0.1, -0.05) is 67.6 Å². The van der Waals surface area contributed by atoms with E-state index in [4.69, 9.17) is 4.74 Å². The van der Waals surface area contributed by atoms with Gasteiger partial charge in [0.1, 0.15) is 0 Å². The van der Waals surface area contributed by atoms with Crippen molar-refractivity contribution in [1.82, 2.24) is 4.90 Å². The minimum atomic E-state index is -0.126. The lowest BCUT2D eigenvalue weighted by atomic mass is 9.97. The van der Waals surface area contributed by atoms with E-state index in [1.807, 2.05) is 47.4 Å². The van der Waals surface area contributed by atoms with Gasteiger partial charge in [-0.15, -0.1) is 0 Å². The van der Waals surface area contributed by atoms with Crippen molar-refractivity contribution in [1.29, 1.82) is 0 Å². The summed E-state index contributed by atoms with van der Waals surface area (Å²) in [6.45, 7) is 3.25. The number of carbonyl (C=O) groups is 1. The summed E-state index contributed by atoms with van der Waals surface area (Å²) < 4.78 is 5.53. The number of amides is 1. The van der Waals surface area contributed by atoms with Crippen LogP contribution in [0, 0.1) is 0 Å². The van der Waals surface area contributed by atoms with Crippen LogP contribution in [0.5, 0.6) is 0 Å². The maximum absolute atomic E-state index is 13.2. The van der Waals surface area contributed by atoms with Crippen molar-refractivity contribution >= 4 is 16.7 Å². The van der Waals surface area contributed by atoms with Crippen molar-refractivity contribution in [3.8, 4) is 0 Å². The minimum Gasteiger partial charge on any atom is -0.382 e. The van der Waals surface area contributed by atoms with Gasteiger partial charge in [0, 0.05) is 19.2 Å². The Balaban J connectivity index is 2.07. The molecule has 0 aliphatic carbocycles. The van der Waals surface area contributed by atoms with Crippen molar-refractivity contribution in [2.24, 2.45) is 0 Å². The summed E-state index contributed by atoms with van der Waals surface area (Å²) in [6, 6.07) is 23.9. The summed E-state index contributed by atoms with van der Waals surface area (Å²) in [4.78, 5) is 15.2. The Labute approximate surface area is 155 Å². The van der Waals surface area contributed by atoms with Crippen LogP contribution < -0.4 is 0 Å². The topological polar surface area (TPSA) is 29.5 Å². The van der Waals surface area contributed by atoms with Crippen molar-refractivity contribution in [3.63, 3.8) is 0 Å². The van der Waals surface area contributed by atoms with Gasteiger partial charge in [0.2, 0.25) is 0 Å². The Morgan fingerprint density at radius 2 is 1.65 bits per heavy atom. The maximum Gasteiger partial charge on any atom is 0.254 e. The molecule has 134 valence electrons. The van der Waals surface area contributed by atoms with E-state index in [2.05, 4.69) is 37.3 Å². The molecule has 3 aromatic rings. The van der Waals surface area contributed by atoms with Crippen LogP contribution in [0.3, 0.4) is 0 Å². The molecular weight excluding hydrogens is 322 g/mol. The predicted molar refractivity (Wildman–Crippen MR) is 106 cm³/mol. The van der Waals surface area contributed by atoms with Crippen molar-refractivity contribution < 1.29 is 9.53 Å². The Kier molecular flexibility index (Phi) is 6.03. The summed E-state index contributed by atoms with van der Waals surface area (Å²) in [5, 5.41) is 2.34. The number of rotatable bonds is 7. The second kappa shape index (κ2) is 8.63. The van der Waals surface area contributed by atoms with Crippen LogP contribution in [0.25, 0.3) is 10.8 Å². The molecule has 3 nitrogen and oxygen atoms in total. The molecule has 0 aliphatic heterocycles. The van der Waals surface area contributed by atoms with Crippen LogP contribution >= 0.6 is 0 Å². The quantitative estimate of drug-likeness (QED) is 0.596. The molecule has 26 heavy (non-hydrogen) atoms. The van der Waals surface area contributed by atoms with Gasteiger partial charge in [0.15, 0.2) is 0 Å². The Morgan fingerprint density at radius 1 is 0.962 bits per heavy atom. The highest BCUT2D eigenvalue weighted by Gasteiger charge is 2.26. The van der Waals surface area contributed by atoms with E-state index in [1.165, 1.54) is 10.8 Å². The van der Waals surface area contributed by atoms with Gasteiger partial charge in [-0.25, -0.2) is 0 Å². The number of methoxy groups -OCH3 is 1. The van der Waals surface area contributed by atoms with Crippen LogP contribution in [0.15, 0.2) is 72.8 Å². The Hall–Kier alpha value is -2.65. The zero-order valence-corrected chi connectivity index (χ0v) is 15.4. The van der Waals surface area contributed by atoms with E-state index in [-0.39, 0.29) is 11.9 Å². The Bertz CT molecular complexity index is 855. The summed E-state index contributed by atoms with van der Waals surface area (Å²) in [5.74, 6) is 0.0439. The van der Waals surface area contributed by atoms with Gasteiger partial charge >= 0.3 is 0 Å². The van der Waals surface area contributed by atoms with E-state index >= 15 is 0 Å². The second-order valence-corrected chi connectivity index (χ2v) is 6.40. The molecular formula is C23H25NO2. The smallest absolute Gasteiger partial charge is 0.254 e. The fourth-order valence-electron chi connectivity index (χ4n) is 3.43. The van der Waals surface area contributed by atoms with Gasteiger partial charge in [0.25, 0.3) is 5.91 Å². The first-order valence-electron chi connectivity index (χ1n) is 9.09. The minimum absolute atomic E-state index is 0.0439. The first kappa shape index (κ1) is 18.2. The average molecular weight is 347 g/mol. The normalized spacial score (nSPS) is 12.1. The fraction of sp³-hybridized carbons (Fsp3) is 0.261. The van der Waals surface area contributed by atoms with E-state index in [0.717, 1.165) is 12.0 Å². The number of hydrogen-bond acceptors (Lipinski definition) is 2. The van der Waals surface area contributed by atoms with E-state index in [1.54, 1.807) is 7.11 Å². The van der Waals surface area contributed by atoms with E-state index < -0.39 is 0 Å². The van der Waals surface area contributed by atoms with Crippen LogP contribution in [-0.2, 0) is 4.74 Å². The highest BCUT2D eigenvalue weighted by molar-refractivity contribution is 5.95. The van der Waals surface area contributed by atoms with E-state index in [9.17, 15) is 4.79 Å². The third-order valence-electron chi connectivity index (χ3n) is 4.63. The van der Waals surface area contributed by atoms with Crippen molar-refractivity contribution in [2.45, 2.75) is 19.4 Å². The molecule has 0 bridgehead atoms. The number of nitrogens with zero attached hydrogens (tertiary/aromatic N) is 1. The number of hydrogen-bond donors (Lipinski definition) is 0. The standard InChI is InChI=1S/C23H25NO2/c1-3-16-24(23(25)19-11-5-4-6-12-19)22(17-26-2)21-15-9-13-18-10-7-8-14-20(18)21/h4-15,22H,3,16-17H2,1-2H3. The van der Waals surface area contributed by atoms with Crippen LogP contribution in [0.4, 0.5) is 0 Å². The van der Waals surface area contributed by atoms with Crippen LogP contribution in [-0.4, -0.2) is 31.1 Å². The number of ether oxygens (including phenoxy) is 1. The third-order valence-corrected chi connectivity index (χ3v) is 4.63. The monoisotopic (exact) mass is 347 g/mol. The number of fused-ring (bicyclic) bond motifs is 1. The van der Waals surface area contributed by atoms with Gasteiger partial charge in [-0.05, 0) is 34.9 Å². The first-order valence-corrected chi connectivity index (χ1v) is 9.09. The van der Waals surface area contributed by atoms with Crippen molar-refractivity contribution in [2.75, 3.05) is 20.3 Å². The lowest BCUT2D eigenvalue weighted by Gasteiger charge is -2.32. The van der Waals surface area contributed by atoms with Gasteiger partial charge in [-0.2, -0.15) is 0 Å². The Morgan fingerprint density at radius 3 is 2.38 bits per heavy atom. The summed E-state index contributed by atoms with van der Waals surface area (Å²) >= 11 is 0. The summed E-state index contributed by atoms with van der Waals surface area (Å²) in [6.07, 6.45) is 0.892. The molecule has 0 aromatic heterocycles. The molecule has 1 unspecified atom stereocenters. The van der Waals surface area contributed by atoms with Crippen LogP contribution in [0.1, 0.15) is 35.3 Å². The zero-order chi connectivity index (χ0) is 18.4. The summed E-state index contributed by atoms with van der Waals surface area (Å²) in [5.41, 5.74) is 1.84. The molecule has 0 saturated heterocycles. The maximum atomic E-state index is 13.2. The highest BCUT2D eigenvalue weighted by atomic mass is 16.5. The second-order valence-electron chi connectivity index (χ2n) is 6.40. The molecule has 0 radical (unpaired) electrons. The predicted octanol–water partition coefficient (Wildman–Crippen LogP) is 5.08. The van der Waals surface area contributed by atoms with Crippen LogP contribution in [0.2, 0.25) is 0 Å². The molecule has 3 rings (SSSR count). The molecule has 3 aromatic carbocycles. The van der Waals surface area contributed by atoms with Gasteiger partial charge in [0.05, 0.1) is 12.6 Å². The molecule has 1 amide bonds. The molecule has 0 fully saturated rings. The number of benzene rings is 3. The lowest BCUT2D eigenvalue weighted by molar-refractivity contribution is 0.0530. The SMILES string of the molecule is CCCN(C(=O)c1ccccc1)C(COC)c1cccc2ccccc12. The lowest BCUT2D eigenvalue weighted by Crippen LogP contribution is -2.37. The highest BCUT2D eigenvalue weighted by Crippen LogP contribution is 2.30. The largest absolute Gasteiger partial charge is 0.382 e. The van der Waals surface area contributed by atoms with Gasteiger partial charge in [-0.3, -0.25) is 4.79 Å². The molecule has 0 aliphatic rings. The fourth-order valence-corrected chi connectivity index (χ4v) is 3.43. The molecule has 3 heteroatoms. The van der Waals surface area contributed by atoms with Gasteiger partial charge < -0.3 is 9.64 Å². The molecule has 0 N–H and O–H groups in total. The molecule has 1 atom stereocenters. The number of carbonyl (C=O) groups excluding carboxylic acids is 1. The zero-order valence-electron chi connectivity index (χ0n) is 15.4. The molecule has 0 saturated carbocycles. The first-order chi connectivity index (χ1) is 12.8. The van der Waals surface area contributed by atoms with E-state index in [0.29, 0.717) is 18.7 Å². The molecule has 0 heterocycles. The third kappa shape index (κ3) is 3.78.